The number of nitrogens with zero attached hydrogens (tertiary/aromatic N) is 1. The lowest BCUT2D eigenvalue weighted by molar-refractivity contribution is -0.146. The zero-order valence-electron chi connectivity index (χ0n) is 15.3. The van der Waals surface area contributed by atoms with E-state index in [0.29, 0.717) is 38.0 Å². The first-order valence-corrected chi connectivity index (χ1v) is 8.97. The third kappa shape index (κ3) is 5.47. The number of ether oxygens (including phenoxy) is 1. The lowest BCUT2D eigenvalue weighted by Gasteiger charge is -2.27. The van der Waals surface area contributed by atoms with Gasteiger partial charge in [-0.15, -0.1) is 0 Å². The largest absolute Gasteiger partial charge is 0.494 e. The highest BCUT2D eigenvalue weighted by atomic mass is 16.5. The molecule has 0 bridgehead atoms. The van der Waals surface area contributed by atoms with Crippen LogP contribution in [0.2, 0.25) is 0 Å². The van der Waals surface area contributed by atoms with Crippen LogP contribution in [0, 0.1) is 0 Å². The van der Waals surface area contributed by atoms with E-state index in [9.17, 15) is 14.4 Å². The summed E-state index contributed by atoms with van der Waals surface area (Å²) in [5, 5.41) is 11.8. The van der Waals surface area contributed by atoms with Gasteiger partial charge < -0.3 is 20.1 Å². The summed E-state index contributed by atoms with van der Waals surface area (Å²) in [5.74, 6) is -0.442. The van der Waals surface area contributed by atoms with Crippen LogP contribution in [0.3, 0.4) is 0 Å². The van der Waals surface area contributed by atoms with Crippen molar-refractivity contribution in [2.75, 3.05) is 18.5 Å². The van der Waals surface area contributed by atoms with Crippen molar-refractivity contribution in [1.82, 2.24) is 4.90 Å². The zero-order chi connectivity index (χ0) is 19.1. The van der Waals surface area contributed by atoms with Crippen LogP contribution in [0.25, 0.3) is 0 Å². The lowest BCUT2D eigenvalue weighted by Crippen LogP contribution is -2.41. The molecule has 142 valence electrons. The minimum absolute atomic E-state index is 0.0249. The average molecular weight is 362 g/mol. The van der Waals surface area contributed by atoms with Crippen LogP contribution in [0.4, 0.5) is 5.69 Å². The number of carbonyl (C=O) groups excluding carboxylic acids is 2. The second kappa shape index (κ2) is 9.22. The topological polar surface area (TPSA) is 95.9 Å². The predicted octanol–water partition coefficient (Wildman–Crippen LogP) is 2.44. The number of hydrogen-bond acceptors (Lipinski definition) is 4. The Hall–Kier alpha value is -2.57. The summed E-state index contributed by atoms with van der Waals surface area (Å²) >= 11 is 0. The van der Waals surface area contributed by atoms with Crippen molar-refractivity contribution in [3.05, 3.63) is 23.8 Å². The fourth-order valence-electron chi connectivity index (χ4n) is 2.86. The number of carbonyl (C=O) groups is 3. The summed E-state index contributed by atoms with van der Waals surface area (Å²) in [4.78, 5) is 36.0. The molecule has 2 rings (SSSR count). The number of rotatable bonds is 9. The summed E-state index contributed by atoms with van der Waals surface area (Å²) in [6.45, 7) is 3.88. The first-order valence-electron chi connectivity index (χ1n) is 8.97. The van der Waals surface area contributed by atoms with Crippen LogP contribution in [0.5, 0.6) is 5.75 Å². The van der Waals surface area contributed by atoms with Crippen LogP contribution < -0.4 is 10.1 Å². The fourth-order valence-corrected chi connectivity index (χ4v) is 2.86. The number of carboxylic acid groups (broad SMARTS) is 1. The second-order valence-corrected chi connectivity index (χ2v) is 6.49. The number of nitrogens with one attached hydrogen (secondary N) is 1. The number of amides is 2. The Kier molecular flexibility index (Phi) is 7.00. The summed E-state index contributed by atoms with van der Waals surface area (Å²) in [6.07, 6.45) is 2.63. The van der Waals surface area contributed by atoms with E-state index in [4.69, 9.17) is 9.84 Å². The Bertz CT molecular complexity index is 674. The van der Waals surface area contributed by atoms with Crippen molar-refractivity contribution >= 4 is 23.5 Å². The van der Waals surface area contributed by atoms with Gasteiger partial charge in [0, 0.05) is 24.6 Å². The maximum atomic E-state index is 12.3. The molecule has 0 fully saturated rings. The van der Waals surface area contributed by atoms with E-state index in [1.807, 2.05) is 26.0 Å². The molecule has 1 heterocycles. The van der Waals surface area contributed by atoms with E-state index in [1.54, 1.807) is 6.07 Å². The Morgan fingerprint density at radius 3 is 2.81 bits per heavy atom. The lowest BCUT2D eigenvalue weighted by atomic mass is 10.0. The van der Waals surface area contributed by atoms with E-state index < -0.39 is 5.97 Å². The van der Waals surface area contributed by atoms with Crippen LogP contribution in [-0.4, -0.2) is 47.0 Å². The normalized spacial score (nSPS) is 14.2. The van der Waals surface area contributed by atoms with Crippen molar-refractivity contribution in [3.63, 3.8) is 0 Å². The van der Waals surface area contributed by atoms with Crippen molar-refractivity contribution in [2.24, 2.45) is 0 Å². The quantitative estimate of drug-likeness (QED) is 0.658. The standard InChI is InChI=1S/C19H26N2O5/c1-3-13(2)21(12-19(24)25)18(23)5-4-10-26-15-7-8-16-14(11-15)6-9-17(22)20-16/h7-8,11,13H,3-6,9-10,12H2,1-2H3,(H,20,22)(H,24,25). The van der Waals surface area contributed by atoms with E-state index in [0.717, 1.165) is 11.3 Å². The maximum absolute atomic E-state index is 12.3. The molecule has 2 amide bonds. The molecule has 1 aromatic rings. The molecule has 1 unspecified atom stereocenters. The SMILES string of the molecule is CCC(C)N(CC(=O)O)C(=O)CCCOc1ccc2c(c1)CCC(=O)N2. The number of benzene rings is 1. The summed E-state index contributed by atoms with van der Waals surface area (Å²) in [6, 6.07) is 5.43. The van der Waals surface area contributed by atoms with Gasteiger partial charge in [-0.05, 0) is 49.9 Å². The zero-order valence-corrected chi connectivity index (χ0v) is 15.3. The molecule has 1 aliphatic rings. The molecule has 0 saturated carbocycles. The molecule has 2 N–H and O–H groups in total. The van der Waals surface area contributed by atoms with Gasteiger partial charge in [0.1, 0.15) is 12.3 Å². The summed E-state index contributed by atoms with van der Waals surface area (Å²) < 4.78 is 5.70. The molecule has 1 aromatic carbocycles. The van der Waals surface area contributed by atoms with E-state index in [1.165, 1.54) is 4.90 Å². The van der Waals surface area contributed by atoms with Gasteiger partial charge in [0.05, 0.1) is 6.61 Å². The minimum Gasteiger partial charge on any atom is -0.494 e. The van der Waals surface area contributed by atoms with E-state index >= 15 is 0 Å². The average Bonchev–Trinajstić information content (AvgIpc) is 2.62. The van der Waals surface area contributed by atoms with Crippen LogP contribution in [0.1, 0.15) is 45.1 Å². The Labute approximate surface area is 153 Å². The molecule has 7 nitrogen and oxygen atoms in total. The molecule has 0 aromatic heterocycles. The molecule has 7 heteroatoms. The van der Waals surface area contributed by atoms with E-state index in [2.05, 4.69) is 5.32 Å². The number of carboxylic acids is 1. The van der Waals surface area contributed by atoms with Crippen molar-refractivity contribution in [1.29, 1.82) is 0 Å². The first-order chi connectivity index (χ1) is 12.4. The van der Waals surface area contributed by atoms with Gasteiger partial charge >= 0.3 is 5.97 Å². The number of fused-ring (bicyclic) bond motifs is 1. The fraction of sp³-hybridized carbons (Fsp3) is 0.526. The number of aryl methyl sites for hydroxylation is 1. The van der Waals surface area contributed by atoms with E-state index in [-0.39, 0.29) is 30.8 Å². The number of anilines is 1. The molecule has 0 radical (unpaired) electrons. The third-order valence-electron chi connectivity index (χ3n) is 4.52. The molecular weight excluding hydrogens is 336 g/mol. The third-order valence-corrected chi connectivity index (χ3v) is 4.52. The molecule has 0 aliphatic carbocycles. The van der Waals surface area contributed by atoms with Crippen molar-refractivity contribution in [2.45, 2.75) is 52.0 Å². The molecule has 1 aliphatic heterocycles. The van der Waals surface area contributed by atoms with Gasteiger partial charge in [-0.2, -0.15) is 0 Å². The number of hydrogen-bond donors (Lipinski definition) is 2. The predicted molar refractivity (Wildman–Crippen MR) is 97.2 cm³/mol. The van der Waals surface area contributed by atoms with Gasteiger partial charge in [-0.3, -0.25) is 14.4 Å². The molecule has 0 saturated heterocycles. The van der Waals surface area contributed by atoms with Crippen molar-refractivity contribution in [3.8, 4) is 5.75 Å². The highest BCUT2D eigenvalue weighted by Gasteiger charge is 2.21. The molecular formula is C19H26N2O5. The van der Waals surface area contributed by atoms with Gasteiger partial charge in [-0.25, -0.2) is 0 Å². The molecule has 26 heavy (non-hydrogen) atoms. The minimum atomic E-state index is -1.00. The Morgan fingerprint density at radius 1 is 1.35 bits per heavy atom. The monoisotopic (exact) mass is 362 g/mol. The van der Waals surface area contributed by atoms with Gasteiger partial charge in [-0.1, -0.05) is 6.92 Å². The Morgan fingerprint density at radius 2 is 2.12 bits per heavy atom. The molecule has 1 atom stereocenters. The highest BCUT2D eigenvalue weighted by Crippen LogP contribution is 2.26. The molecule has 0 spiro atoms. The van der Waals surface area contributed by atoms with Crippen LogP contribution in [0.15, 0.2) is 18.2 Å². The van der Waals surface area contributed by atoms with Gasteiger partial charge in [0.15, 0.2) is 0 Å². The van der Waals surface area contributed by atoms with Crippen molar-refractivity contribution < 1.29 is 24.2 Å². The smallest absolute Gasteiger partial charge is 0.323 e. The van der Waals surface area contributed by atoms with Crippen LogP contribution in [-0.2, 0) is 20.8 Å². The second-order valence-electron chi connectivity index (χ2n) is 6.49. The van der Waals surface area contributed by atoms with Gasteiger partial charge in [0.2, 0.25) is 11.8 Å². The summed E-state index contributed by atoms with van der Waals surface area (Å²) in [7, 11) is 0. The van der Waals surface area contributed by atoms with Gasteiger partial charge in [0.25, 0.3) is 0 Å². The summed E-state index contributed by atoms with van der Waals surface area (Å²) in [5.41, 5.74) is 1.87. The first kappa shape index (κ1) is 19.8. The number of aliphatic carboxylic acids is 1. The van der Waals surface area contributed by atoms with Crippen LogP contribution >= 0.6 is 0 Å². The highest BCUT2D eigenvalue weighted by molar-refractivity contribution is 5.94. The Balaban J connectivity index is 1.81. The maximum Gasteiger partial charge on any atom is 0.323 e.